The topological polar surface area (TPSA) is 41.6 Å². The van der Waals surface area contributed by atoms with E-state index in [1.54, 1.807) is 7.11 Å². The van der Waals surface area contributed by atoms with Crippen LogP contribution in [0.2, 0.25) is 0 Å². The predicted molar refractivity (Wildman–Crippen MR) is 147 cm³/mol. The van der Waals surface area contributed by atoms with E-state index >= 15 is 0 Å². The highest BCUT2D eigenvalue weighted by Gasteiger charge is 2.60. The number of carbonyl (C=O) groups is 1. The molecule has 2 fully saturated rings. The quantitative estimate of drug-likeness (QED) is 0.271. The van der Waals surface area contributed by atoms with Crippen LogP contribution in [-0.4, -0.2) is 42.8 Å². The molecule has 2 aliphatic heterocycles. The Balaban J connectivity index is 1.37. The molecule has 1 aliphatic carbocycles. The Morgan fingerprint density at radius 2 is 1.92 bits per heavy atom. The fourth-order valence-corrected chi connectivity index (χ4v) is 6.99. The van der Waals surface area contributed by atoms with Gasteiger partial charge in [0, 0.05) is 61.3 Å². The molecule has 4 atom stereocenters. The Morgan fingerprint density at radius 3 is 2.72 bits per heavy atom. The van der Waals surface area contributed by atoms with Gasteiger partial charge in [0.05, 0.1) is 7.11 Å². The number of unbranched alkanes of at least 4 members (excludes halogenated alkanes) is 2. The molecule has 5 heteroatoms. The van der Waals surface area contributed by atoms with E-state index in [4.69, 9.17) is 16.3 Å². The number of benzene rings is 2. The molecule has 1 spiro atoms. The van der Waals surface area contributed by atoms with Gasteiger partial charge in [-0.2, -0.15) is 0 Å². The predicted octanol–water partition coefficient (Wildman–Crippen LogP) is 6.03. The molecular weight excluding hydrogens is 468 g/mol. The maximum absolute atomic E-state index is 13.4. The van der Waals surface area contributed by atoms with Gasteiger partial charge < -0.3 is 10.1 Å². The molecule has 1 N–H and O–H groups in total. The van der Waals surface area contributed by atoms with E-state index in [9.17, 15) is 4.79 Å². The van der Waals surface area contributed by atoms with Crippen molar-refractivity contribution in [2.24, 2.45) is 11.8 Å². The third-order valence-electron chi connectivity index (χ3n) is 8.52. The number of hydrogen-bond acceptors (Lipinski definition) is 4. The van der Waals surface area contributed by atoms with Crippen LogP contribution in [0.3, 0.4) is 0 Å². The van der Waals surface area contributed by atoms with E-state index in [1.807, 2.05) is 12.1 Å². The van der Waals surface area contributed by atoms with E-state index in [0.717, 1.165) is 63.9 Å². The van der Waals surface area contributed by atoms with Crippen LogP contribution < -0.4 is 10.1 Å². The van der Waals surface area contributed by atoms with Crippen molar-refractivity contribution < 1.29 is 9.53 Å². The van der Waals surface area contributed by atoms with Crippen molar-refractivity contribution in [3.8, 4) is 17.6 Å². The SMILES string of the molecule is COc1ccc(CN2CC[C@@H]3CC(=O)[C@H](CCC#CCCCCCl)[C@@H]4Nc5ccccc5[C@]34C2)cc1. The summed E-state index contributed by atoms with van der Waals surface area (Å²) < 4.78 is 5.34. The first-order chi connectivity index (χ1) is 17.7. The molecule has 3 aliphatic rings. The fraction of sp³-hybridized carbons (Fsp3) is 0.516. The number of para-hydroxylation sites is 1. The van der Waals surface area contributed by atoms with Gasteiger partial charge in [0.15, 0.2) is 0 Å². The zero-order valence-electron chi connectivity index (χ0n) is 21.3. The number of fused-ring (bicyclic) bond motifs is 1. The summed E-state index contributed by atoms with van der Waals surface area (Å²) in [5, 5.41) is 3.85. The minimum Gasteiger partial charge on any atom is -0.497 e. The molecule has 2 aromatic carbocycles. The van der Waals surface area contributed by atoms with Crippen molar-refractivity contribution in [1.29, 1.82) is 0 Å². The monoisotopic (exact) mass is 504 g/mol. The minimum atomic E-state index is -0.0341. The molecule has 1 saturated heterocycles. The average Bonchev–Trinajstić information content (AvgIpc) is 3.22. The summed E-state index contributed by atoms with van der Waals surface area (Å²) in [7, 11) is 1.71. The highest BCUT2D eigenvalue weighted by Crippen LogP contribution is 2.56. The summed E-state index contributed by atoms with van der Waals surface area (Å²) in [5.41, 5.74) is 3.89. The Kier molecular flexibility index (Phi) is 7.89. The van der Waals surface area contributed by atoms with E-state index < -0.39 is 0 Å². The Hall–Kier alpha value is -2.48. The van der Waals surface area contributed by atoms with Crippen molar-refractivity contribution in [3.05, 3.63) is 59.7 Å². The van der Waals surface area contributed by atoms with Crippen LogP contribution in [-0.2, 0) is 16.8 Å². The molecule has 0 bridgehead atoms. The Bertz CT molecular complexity index is 1120. The summed E-state index contributed by atoms with van der Waals surface area (Å²) in [5.74, 6) is 9.04. The number of nitrogens with zero attached hydrogens (tertiary/aromatic N) is 1. The van der Waals surface area contributed by atoms with Gasteiger partial charge in [-0.05, 0) is 67.5 Å². The van der Waals surface area contributed by atoms with E-state index in [1.165, 1.54) is 16.8 Å². The second-order valence-corrected chi connectivity index (χ2v) is 10.9. The number of likely N-dealkylation sites (tertiary alicyclic amines) is 1. The van der Waals surface area contributed by atoms with Gasteiger partial charge in [-0.3, -0.25) is 9.69 Å². The van der Waals surface area contributed by atoms with E-state index in [0.29, 0.717) is 24.0 Å². The Labute approximate surface area is 220 Å². The van der Waals surface area contributed by atoms with Gasteiger partial charge in [0.1, 0.15) is 11.5 Å². The third kappa shape index (κ3) is 4.89. The number of anilines is 1. The highest BCUT2D eigenvalue weighted by atomic mass is 35.5. The molecule has 0 radical (unpaired) electrons. The number of carbonyl (C=O) groups excluding carboxylic acids is 1. The van der Waals surface area contributed by atoms with E-state index in [-0.39, 0.29) is 17.4 Å². The summed E-state index contributed by atoms with van der Waals surface area (Å²) in [6, 6.07) is 17.3. The summed E-state index contributed by atoms with van der Waals surface area (Å²) in [6.45, 7) is 2.92. The summed E-state index contributed by atoms with van der Waals surface area (Å²) in [6.07, 6.45) is 6.32. The first kappa shape index (κ1) is 25.2. The number of Topliss-reactive ketones (excluding diaryl/α,β-unsaturated/α-hetero) is 1. The zero-order valence-corrected chi connectivity index (χ0v) is 22.0. The molecule has 0 amide bonds. The molecule has 36 heavy (non-hydrogen) atoms. The number of nitrogens with one attached hydrogen (secondary N) is 1. The maximum atomic E-state index is 13.4. The van der Waals surface area contributed by atoms with Crippen molar-refractivity contribution in [2.45, 2.75) is 62.9 Å². The van der Waals surface area contributed by atoms with Crippen LogP contribution in [0.15, 0.2) is 48.5 Å². The number of halogens is 1. The van der Waals surface area contributed by atoms with Crippen LogP contribution in [0.4, 0.5) is 5.69 Å². The lowest BCUT2D eigenvalue weighted by atomic mass is 9.55. The lowest BCUT2D eigenvalue weighted by Gasteiger charge is -2.54. The number of methoxy groups -OCH3 is 1. The molecule has 2 heterocycles. The zero-order chi connectivity index (χ0) is 25.0. The van der Waals surface area contributed by atoms with Gasteiger partial charge in [-0.15, -0.1) is 23.4 Å². The normalized spacial score (nSPS) is 26.7. The maximum Gasteiger partial charge on any atom is 0.138 e. The summed E-state index contributed by atoms with van der Waals surface area (Å²) >= 11 is 5.77. The van der Waals surface area contributed by atoms with Crippen molar-refractivity contribution >= 4 is 23.1 Å². The lowest BCUT2D eigenvalue weighted by molar-refractivity contribution is -0.131. The molecule has 2 aromatic rings. The van der Waals surface area contributed by atoms with Crippen LogP contribution in [0.25, 0.3) is 0 Å². The molecule has 0 aromatic heterocycles. The van der Waals surface area contributed by atoms with Crippen molar-refractivity contribution in [2.75, 3.05) is 31.4 Å². The number of hydrogen-bond donors (Lipinski definition) is 1. The van der Waals surface area contributed by atoms with Crippen LogP contribution in [0.1, 0.15) is 56.1 Å². The average molecular weight is 505 g/mol. The second-order valence-electron chi connectivity index (χ2n) is 10.6. The van der Waals surface area contributed by atoms with Gasteiger partial charge in [0.25, 0.3) is 0 Å². The van der Waals surface area contributed by atoms with Gasteiger partial charge in [0.2, 0.25) is 0 Å². The molecule has 0 unspecified atom stereocenters. The number of alkyl halides is 1. The fourth-order valence-electron chi connectivity index (χ4n) is 6.80. The standard InChI is InChI=1S/C31H37ClN2O2/c1-36-25-15-13-23(14-16-25)21-34-19-17-24-20-29(35)26(10-6-4-2-3-5-9-18-32)30-31(24,22-34)27-11-7-8-12-28(27)33-30/h7-8,11-16,24,26,30,33H,3,5-6,9-10,17-22H2,1H3/t24-,26+,30+,31+/m1/s1. The van der Waals surface area contributed by atoms with Gasteiger partial charge in [-0.1, -0.05) is 30.3 Å². The minimum absolute atomic E-state index is 0.00623. The van der Waals surface area contributed by atoms with Crippen LogP contribution >= 0.6 is 11.6 Å². The first-order valence-electron chi connectivity index (χ1n) is 13.4. The number of ether oxygens (including phenoxy) is 1. The summed E-state index contributed by atoms with van der Waals surface area (Å²) in [4.78, 5) is 16.0. The van der Waals surface area contributed by atoms with Crippen molar-refractivity contribution in [3.63, 3.8) is 0 Å². The molecule has 190 valence electrons. The number of piperidine rings is 1. The molecular formula is C31H37ClN2O2. The highest BCUT2D eigenvalue weighted by molar-refractivity contribution is 6.17. The third-order valence-corrected chi connectivity index (χ3v) is 8.79. The van der Waals surface area contributed by atoms with Crippen LogP contribution in [0, 0.1) is 23.7 Å². The van der Waals surface area contributed by atoms with Gasteiger partial charge >= 0.3 is 0 Å². The number of rotatable bonds is 8. The lowest BCUT2D eigenvalue weighted by Crippen LogP contribution is -2.63. The second kappa shape index (κ2) is 11.3. The Morgan fingerprint density at radius 1 is 1.11 bits per heavy atom. The molecule has 4 nitrogen and oxygen atoms in total. The van der Waals surface area contributed by atoms with E-state index in [2.05, 4.69) is 58.5 Å². The first-order valence-corrected chi connectivity index (χ1v) is 13.9. The number of ketones is 1. The van der Waals surface area contributed by atoms with Crippen molar-refractivity contribution in [1.82, 2.24) is 4.90 Å². The van der Waals surface area contributed by atoms with Crippen LogP contribution in [0.5, 0.6) is 5.75 Å². The van der Waals surface area contributed by atoms with Gasteiger partial charge in [-0.25, -0.2) is 0 Å². The largest absolute Gasteiger partial charge is 0.497 e. The molecule has 1 saturated carbocycles. The smallest absolute Gasteiger partial charge is 0.138 e. The molecule has 5 rings (SSSR count).